The number of nitrogens with zero attached hydrogens (tertiary/aromatic N) is 3. The topological polar surface area (TPSA) is 29.0 Å². The van der Waals surface area contributed by atoms with Gasteiger partial charge in [0.05, 0.1) is 23.1 Å². The lowest BCUT2D eigenvalue weighted by molar-refractivity contribution is 0.195. The van der Waals surface area contributed by atoms with Gasteiger partial charge in [0, 0.05) is 25.0 Å². The maximum absolute atomic E-state index is 4.69. The number of unbranched alkanes of at least 4 members (excludes halogenated alkanes) is 3. The van der Waals surface area contributed by atoms with E-state index >= 15 is 0 Å². The average molecular weight is 293 g/mol. The van der Waals surface area contributed by atoms with Crippen LogP contribution in [0.1, 0.15) is 69.7 Å². The number of hydrogen-bond donors (Lipinski definition) is 0. The summed E-state index contributed by atoms with van der Waals surface area (Å²) < 4.78 is 9.29. The standard InChI is InChI=1S/C16H27N3S/c1-3-4-5-6-7-15-16(18-20-17-15)14-11-19-10-13(14)9-8-12(19)2/h12-14H,3-11H2,1-2H3. The molecule has 2 bridgehead atoms. The van der Waals surface area contributed by atoms with Crippen LogP contribution in [-0.4, -0.2) is 32.8 Å². The van der Waals surface area contributed by atoms with Gasteiger partial charge in [-0.15, -0.1) is 0 Å². The van der Waals surface area contributed by atoms with E-state index < -0.39 is 0 Å². The largest absolute Gasteiger partial charge is 0.300 e. The Morgan fingerprint density at radius 1 is 1.15 bits per heavy atom. The molecule has 0 N–H and O–H groups in total. The molecule has 0 amide bonds. The van der Waals surface area contributed by atoms with Crippen LogP contribution in [-0.2, 0) is 6.42 Å². The minimum atomic E-state index is 0.667. The van der Waals surface area contributed by atoms with Gasteiger partial charge in [-0.25, -0.2) is 0 Å². The summed E-state index contributed by atoms with van der Waals surface area (Å²) in [7, 11) is 0. The Morgan fingerprint density at radius 3 is 2.85 bits per heavy atom. The van der Waals surface area contributed by atoms with E-state index in [1.54, 1.807) is 0 Å². The summed E-state index contributed by atoms with van der Waals surface area (Å²) in [5.74, 6) is 1.50. The molecule has 3 nitrogen and oxygen atoms in total. The zero-order valence-electron chi connectivity index (χ0n) is 12.8. The minimum Gasteiger partial charge on any atom is -0.300 e. The molecule has 112 valence electrons. The van der Waals surface area contributed by atoms with Gasteiger partial charge in [0.25, 0.3) is 0 Å². The van der Waals surface area contributed by atoms with Crippen LogP contribution in [0, 0.1) is 5.92 Å². The summed E-state index contributed by atoms with van der Waals surface area (Å²) in [6, 6.07) is 0.774. The van der Waals surface area contributed by atoms with Gasteiger partial charge in [0.15, 0.2) is 0 Å². The van der Waals surface area contributed by atoms with Crippen LogP contribution in [0.4, 0.5) is 0 Å². The highest BCUT2D eigenvalue weighted by Gasteiger charge is 2.41. The summed E-state index contributed by atoms with van der Waals surface area (Å²) in [6.45, 7) is 7.16. The van der Waals surface area contributed by atoms with Crippen molar-refractivity contribution >= 4 is 11.7 Å². The van der Waals surface area contributed by atoms with Gasteiger partial charge >= 0.3 is 0 Å². The van der Waals surface area contributed by atoms with E-state index in [9.17, 15) is 0 Å². The van der Waals surface area contributed by atoms with E-state index in [1.165, 1.54) is 74.7 Å². The lowest BCUT2D eigenvalue weighted by Gasteiger charge is -2.28. The van der Waals surface area contributed by atoms with Gasteiger partial charge in [-0.1, -0.05) is 26.2 Å². The van der Waals surface area contributed by atoms with E-state index in [0.29, 0.717) is 5.92 Å². The molecule has 1 aromatic heterocycles. The molecule has 1 aromatic rings. The van der Waals surface area contributed by atoms with Crippen LogP contribution < -0.4 is 0 Å². The second-order valence-corrected chi connectivity index (χ2v) is 7.18. The summed E-state index contributed by atoms with van der Waals surface area (Å²) in [4.78, 5) is 2.67. The second-order valence-electron chi connectivity index (χ2n) is 6.65. The van der Waals surface area contributed by atoms with E-state index in [4.69, 9.17) is 0 Å². The van der Waals surface area contributed by atoms with Crippen molar-refractivity contribution in [2.45, 2.75) is 70.8 Å². The quantitative estimate of drug-likeness (QED) is 0.746. The van der Waals surface area contributed by atoms with Crippen LogP contribution in [0.3, 0.4) is 0 Å². The second kappa shape index (κ2) is 6.52. The zero-order chi connectivity index (χ0) is 13.9. The highest BCUT2D eigenvalue weighted by atomic mass is 32.1. The molecule has 0 aromatic carbocycles. The Morgan fingerprint density at radius 2 is 2.05 bits per heavy atom. The van der Waals surface area contributed by atoms with Crippen LogP contribution >= 0.6 is 11.7 Å². The molecule has 0 aliphatic carbocycles. The fourth-order valence-electron chi connectivity index (χ4n) is 3.89. The van der Waals surface area contributed by atoms with Crippen molar-refractivity contribution in [1.82, 2.24) is 13.6 Å². The predicted molar refractivity (Wildman–Crippen MR) is 84.3 cm³/mol. The summed E-state index contributed by atoms with van der Waals surface area (Å²) in [5.41, 5.74) is 2.67. The third kappa shape index (κ3) is 2.91. The highest BCUT2D eigenvalue weighted by molar-refractivity contribution is 6.99. The van der Waals surface area contributed by atoms with Gasteiger partial charge in [0.1, 0.15) is 0 Å². The number of aromatic nitrogens is 2. The van der Waals surface area contributed by atoms with Crippen molar-refractivity contribution in [3.05, 3.63) is 11.4 Å². The molecule has 0 radical (unpaired) electrons. The Labute approximate surface area is 127 Å². The average Bonchev–Trinajstić information content (AvgIpc) is 3.04. The van der Waals surface area contributed by atoms with Crippen LogP contribution in [0.15, 0.2) is 0 Å². The third-order valence-electron chi connectivity index (χ3n) is 5.25. The highest BCUT2D eigenvalue weighted by Crippen LogP contribution is 2.41. The van der Waals surface area contributed by atoms with E-state index in [1.807, 2.05) is 0 Å². The molecule has 20 heavy (non-hydrogen) atoms. The predicted octanol–water partition coefficient (Wildman–Crippen LogP) is 3.86. The first-order chi connectivity index (χ1) is 9.79. The zero-order valence-corrected chi connectivity index (χ0v) is 13.7. The molecule has 0 spiro atoms. The van der Waals surface area contributed by atoms with Crippen molar-refractivity contribution in [1.29, 1.82) is 0 Å². The smallest absolute Gasteiger partial charge is 0.0821 e. The molecule has 4 heteroatoms. The van der Waals surface area contributed by atoms with Crippen LogP contribution in [0.5, 0.6) is 0 Å². The van der Waals surface area contributed by atoms with Gasteiger partial charge in [-0.05, 0) is 38.5 Å². The number of piperidine rings is 1. The molecular formula is C16H27N3S. The first-order valence-corrected chi connectivity index (χ1v) is 9.08. The van der Waals surface area contributed by atoms with Crippen LogP contribution in [0.2, 0.25) is 0 Å². The maximum Gasteiger partial charge on any atom is 0.0821 e. The first kappa shape index (κ1) is 14.5. The number of rotatable bonds is 6. The number of aryl methyl sites for hydroxylation is 1. The van der Waals surface area contributed by atoms with Crippen molar-refractivity contribution in [2.24, 2.45) is 5.92 Å². The fraction of sp³-hybridized carbons (Fsp3) is 0.875. The van der Waals surface area contributed by atoms with E-state index in [0.717, 1.165) is 18.4 Å². The number of fused-ring (bicyclic) bond motifs is 2. The molecule has 4 unspecified atom stereocenters. The minimum absolute atomic E-state index is 0.667. The molecule has 2 fully saturated rings. The molecule has 2 aliphatic heterocycles. The molecule has 4 atom stereocenters. The molecule has 2 saturated heterocycles. The van der Waals surface area contributed by atoms with Gasteiger partial charge < -0.3 is 0 Å². The SMILES string of the molecule is CCCCCCc1nsnc1C1CN2CC1CCC2C. The lowest BCUT2D eigenvalue weighted by atomic mass is 9.86. The Balaban J connectivity index is 1.64. The summed E-state index contributed by atoms with van der Waals surface area (Å²) in [5, 5.41) is 0. The van der Waals surface area contributed by atoms with E-state index in [2.05, 4.69) is 27.5 Å². The molecule has 3 rings (SSSR count). The number of hydrogen-bond acceptors (Lipinski definition) is 4. The summed E-state index contributed by atoms with van der Waals surface area (Å²) >= 11 is 1.43. The van der Waals surface area contributed by atoms with Gasteiger partial charge in [-0.2, -0.15) is 8.75 Å². The fourth-order valence-corrected chi connectivity index (χ4v) is 4.55. The van der Waals surface area contributed by atoms with Crippen molar-refractivity contribution in [3.63, 3.8) is 0 Å². The summed E-state index contributed by atoms with van der Waals surface area (Å²) in [6.07, 6.45) is 9.17. The monoisotopic (exact) mass is 293 g/mol. The molecular weight excluding hydrogens is 266 g/mol. The Kier molecular flexibility index (Phi) is 4.72. The molecule has 2 aliphatic rings. The maximum atomic E-state index is 4.69. The molecule has 0 saturated carbocycles. The lowest BCUT2D eigenvalue weighted by Crippen LogP contribution is -2.34. The van der Waals surface area contributed by atoms with E-state index in [-0.39, 0.29) is 0 Å². The normalized spacial score (nSPS) is 32.7. The molecule has 3 heterocycles. The van der Waals surface area contributed by atoms with Crippen molar-refractivity contribution in [3.8, 4) is 0 Å². The Bertz CT molecular complexity index is 431. The first-order valence-electron chi connectivity index (χ1n) is 8.35. The Hall–Kier alpha value is -0.480. The van der Waals surface area contributed by atoms with Gasteiger partial charge in [-0.3, -0.25) is 4.90 Å². The van der Waals surface area contributed by atoms with Crippen molar-refractivity contribution < 1.29 is 0 Å². The van der Waals surface area contributed by atoms with Crippen molar-refractivity contribution in [2.75, 3.05) is 13.1 Å². The third-order valence-corrected chi connectivity index (χ3v) is 5.83. The van der Waals surface area contributed by atoms with Gasteiger partial charge in [0.2, 0.25) is 0 Å². The van der Waals surface area contributed by atoms with Crippen LogP contribution in [0.25, 0.3) is 0 Å².